The van der Waals surface area contributed by atoms with Gasteiger partial charge in [0.1, 0.15) is 0 Å². The molecule has 0 bridgehead atoms. The van der Waals surface area contributed by atoms with Crippen molar-refractivity contribution in [1.82, 2.24) is 4.90 Å². The van der Waals surface area contributed by atoms with E-state index in [0.29, 0.717) is 29.9 Å². The first-order chi connectivity index (χ1) is 11.4. The number of allylic oxidation sites excluding steroid dienone is 1. The Morgan fingerprint density at radius 3 is 2.75 bits per heavy atom. The van der Waals surface area contributed by atoms with Crippen molar-refractivity contribution in [2.45, 2.75) is 46.1 Å². The molecule has 1 saturated heterocycles. The molecule has 130 valence electrons. The number of hydrogen-bond donors (Lipinski definition) is 2. The Kier molecular flexibility index (Phi) is 6.15. The van der Waals surface area contributed by atoms with Gasteiger partial charge in [0.05, 0.1) is 6.10 Å². The third-order valence-corrected chi connectivity index (χ3v) is 4.56. The summed E-state index contributed by atoms with van der Waals surface area (Å²) < 4.78 is 0. The molecule has 0 aliphatic carbocycles. The molecule has 24 heavy (non-hydrogen) atoms. The molecule has 1 aliphatic heterocycles. The molecular weight excluding hydrogens is 304 g/mol. The van der Waals surface area contributed by atoms with E-state index in [0.717, 1.165) is 24.8 Å². The average Bonchev–Trinajstić information content (AvgIpc) is 2.59. The molecule has 5 nitrogen and oxygen atoms in total. The number of hydrogen-bond acceptors (Lipinski definition) is 3. The van der Waals surface area contributed by atoms with Crippen molar-refractivity contribution < 1.29 is 14.7 Å². The first kappa shape index (κ1) is 18.2. The van der Waals surface area contributed by atoms with Crippen LogP contribution in [0.25, 0.3) is 0 Å². The van der Waals surface area contributed by atoms with Crippen LogP contribution in [0, 0.1) is 0 Å². The Bertz CT molecular complexity index is 652. The molecule has 1 atom stereocenters. The van der Waals surface area contributed by atoms with Crippen molar-refractivity contribution in [2.75, 3.05) is 18.4 Å². The Morgan fingerprint density at radius 2 is 2.08 bits per heavy atom. The van der Waals surface area contributed by atoms with Gasteiger partial charge in [-0.3, -0.25) is 9.59 Å². The van der Waals surface area contributed by atoms with Crippen LogP contribution in [-0.2, 0) is 4.79 Å². The molecule has 1 aromatic carbocycles. The van der Waals surface area contributed by atoms with Crippen LogP contribution in [0.2, 0.25) is 0 Å². The minimum Gasteiger partial charge on any atom is -0.391 e. The van der Waals surface area contributed by atoms with E-state index in [4.69, 9.17) is 0 Å². The number of aliphatic hydroxyl groups is 1. The van der Waals surface area contributed by atoms with Crippen molar-refractivity contribution in [1.29, 1.82) is 0 Å². The Balaban J connectivity index is 2.11. The average molecular weight is 330 g/mol. The highest BCUT2D eigenvalue weighted by molar-refractivity contribution is 6.04. The molecule has 5 heteroatoms. The number of nitrogens with one attached hydrogen (secondary N) is 1. The standard InChI is InChI=1S/C19H26N2O3/c1-4-13(2)14(3)18(23)20-16-8-5-7-15(11-16)19(24)21-10-6-9-17(22)12-21/h5,7-8,11,17,22H,4,6,9-10,12H2,1-3H3,(H,20,23)/b14-13-. The van der Waals surface area contributed by atoms with Crippen LogP contribution in [0.1, 0.15) is 50.4 Å². The zero-order chi connectivity index (χ0) is 17.7. The maximum absolute atomic E-state index is 12.6. The second-order valence-electron chi connectivity index (χ2n) is 6.34. The van der Waals surface area contributed by atoms with Gasteiger partial charge in [0.15, 0.2) is 0 Å². The third kappa shape index (κ3) is 4.45. The molecule has 2 rings (SSSR count). The Morgan fingerprint density at radius 1 is 1.33 bits per heavy atom. The van der Waals surface area contributed by atoms with Gasteiger partial charge < -0.3 is 15.3 Å². The molecule has 0 saturated carbocycles. The number of aliphatic hydroxyl groups excluding tert-OH is 1. The lowest BCUT2D eigenvalue weighted by Crippen LogP contribution is -2.42. The van der Waals surface area contributed by atoms with Crippen molar-refractivity contribution in [3.63, 3.8) is 0 Å². The molecule has 1 fully saturated rings. The molecule has 1 aliphatic rings. The SMILES string of the molecule is CC/C(C)=C(/C)C(=O)Nc1cccc(C(=O)N2CCCC(O)C2)c1. The topological polar surface area (TPSA) is 69.6 Å². The first-order valence-corrected chi connectivity index (χ1v) is 8.47. The Labute approximate surface area is 143 Å². The molecule has 2 amide bonds. The van der Waals surface area contributed by atoms with E-state index < -0.39 is 6.10 Å². The van der Waals surface area contributed by atoms with Crippen LogP contribution in [0.5, 0.6) is 0 Å². The van der Waals surface area contributed by atoms with E-state index in [1.165, 1.54) is 0 Å². The first-order valence-electron chi connectivity index (χ1n) is 8.47. The van der Waals surface area contributed by atoms with Crippen molar-refractivity contribution in [2.24, 2.45) is 0 Å². The highest BCUT2D eigenvalue weighted by atomic mass is 16.3. The number of carbonyl (C=O) groups is 2. The normalized spacial score (nSPS) is 18.8. The summed E-state index contributed by atoms with van der Waals surface area (Å²) >= 11 is 0. The summed E-state index contributed by atoms with van der Waals surface area (Å²) in [6.45, 7) is 6.78. The number of nitrogens with zero attached hydrogens (tertiary/aromatic N) is 1. The minimum absolute atomic E-state index is 0.109. The third-order valence-electron chi connectivity index (χ3n) is 4.56. The van der Waals surface area contributed by atoms with Gasteiger partial charge in [0.25, 0.3) is 11.8 Å². The summed E-state index contributed by atoms with van der Waals surface area (Å²) in [6, 6.07) is 6.96. The summed E-state index contributed by atoms with van der Waals surface area (Å²) in [5.74, 6) is -0.255. The predicted octanol–water partition coefficient (Wildman–Crippen LogP) is 2.97. The predicted molar refractivity (Wildman–Crippen MR) is 94.9 cm³/mol. The lowest BCUT2D eigenvalue weighted by atomic mass is 10.1. The number of benzene rings is 1. The fraction of sp³-hybridized carbons (Fsp3) is 0.474. The molecule has 0 aromatic heterocycles. The number of carbonyl (C=O) groups excluding carboxylic acids is 2. The highest BCUT2D eigenvalue weighted by Gasteiger charge is 2.23. The van der Waals surface area contributed by atoms with E-state index >= 15 is 0 Å². The van der Waals surface area contributed by atoms with Gasteiger partial charge in [-0.15, -0.1) is 0 Å². The summed E-state index contributed by atoms with van der Waals surface area (Å²) in [7, 11) is 0. The van der Waals surface area contributed by atoms with E-state index in [2.05, 4.69) is 5.32 Å². The number of likely N-dealkylation sites (tertiary alicyclic amines) is 1. The second-order valence-corrected chi connectivity index (χ2v) is 6.34. The molecule has 1 aromatic rings. The van der Waals surface area contributed by atoms with Gasteiger partial charge in [0, 0.05) is 29.9 Å². The number of rotatable bonds is 4. The van der Waals surface area contributed by atoms with Gasteiger partial charge in [-0.25, -0.2) is 0 Å². The van der Waals surface area contributed by atoms with Gasteiger partial charge in [0.2, 0.25) is 0 Å². The number of β-amino-alcohol motifs (C(OH)–C–C–N with tert-alkyl or cyclic N) is 1. The van der Waals surface area contributed by atoms with Gasteiger partial charge >= 0.3 is 0 Å². The fourth-order valence-corrected chi connectivity index (χ4v) is 2.74. The van der Waals surface area contributed by atoms with Crippen LogP contribution >= 0.6 is 0 Å². The largest absolute Gasteiger partial charge is 0.391 e. The molecular formula is C19H26N2O3. The van der Waals surface area contributed by atoms with Crippen molar-refractivity contribution >= 4 is 17.5 Å². The molecule has 0 radical (unpaired) electrons. The summed E-state index contributed by atoms with van der Waals surface area (Å²) in [5, 5.41) is 12.6. The molecule has 2 N–H and O–H groups in total. The van der Waals surface area contributed by atoms with Crippen LogP contribution in [0.4, 0.5) is 5.69 Å². The Hall–Kier alpha value is -2.14. The van der Waals surface area contributed by atoms with Crippen LogP contribution < -0.4 is 5.32 Å². The van der Waals surface area contributed by atoms with E-state index in [1.807, 2.05) is 13.8 Å². The van der Waals surface area contributed by atoms with Crippen molar-refractivity contribution in [3.05, 3.63) is 41.0 Å². The monoisotopic (exact) mass is 330 g/mol. The molecule has 1 unspecified atom stereocenters. The van der Waals surface area contributed by atoms with Crippen molar-refractivity contribution in [3.8, 4) is 0 Å². The molecule has 1 heterocycles. The number of piperidine rings is 1. The van der Waals surface area contributed by atoms with E-state index in [9.17, 15) is 14.7 Å². The number of amides is 2. The number of anilines is 1. The van der Waals surface area contributed by atoms with E-state index in [1.54, 1.807) is 36.1 Å². The van der Waals surface area contributed by atoms with Gasteiger partial charge in [-0.05, 0) is 51.3 Å². The maximum Gasteiger partial charge on any atom is 0.254 e. The maximum atomic E-state index is 12.6. The second kappa shape index (κ2) is 8.11. The molecule has 0 spiro atoms. The smallest absolute Gasteiger partial charge is 0.254 e. The fourth-order valence-electron chi connectivity index (χ4n) is 2.74. The van der Waals surface area contributed by atoms with Crippen LogP contribution in [0.15, 0.2) is 35.4 Å². The van der Waals surface area contributed by atoms with Gasteiger partial charge in [-0.2, -0.15) is 0 Å². The summed E-state index contributed by atoms with van der Waals surface area (Å²) in [4.78, 5) is 26.5. The van der Waals surface area contributed by atoms with E-state index in [-0.39, 0.29) is 11.8 Å². The van der Waals surface area contributed by atoms with Crippen LogP contribution in [-0.4, -0.2) is 41.0 Å². The zero-order valence-corrected chi connectivity index (χ0v) is 14.6. The quantitative estimate of drug-likeness (QED) is 0.834. The minimum atomic E-state index is -0.449. The summed E-state index contributed by atoms with van der Waals surface area (Å²) in [6.07, 6.45) is 1.93. The van der Waals surface area contributed by atoms with Crippen LogP contribution in [0.3, 0.4) is 0 Å². The lowest BCUT2D eigenvalue weighted by molar-refractivity contribution is -0.112. The highest BCUT2D eigenvalue weighted by Crippen LogP contribution is 2.18. The van der Waals surface area contributed by atoms with Gasteiger partial charge in [-0.1, -0.05) is 18.6 Å². The lowest BCUT2D eigenvalue weighted by Gasteiger charge is -2.30. The summed E-state index contributed by atoms with van der Waals surface area (Å²) in [5.41, 5.74) is 2.87. The zero-order valence-electron chi connectivity index (χ0n) is 14.6.